The van der Waals surface area contributed by atoms with Crippen LogP contribution in [0.4, 0.5) is 0 Å². The van der Waals surface area contributed by atoms with Crippen LogP contribution in [0, 0.1) is 0 Å². The number of carboxylic acids is 1. The van der Waals surface area contributed by atoms with E-state index >= 15 is 0 Å². The number of benzene rings is 1. The summed E-state index contributed by atoms with van der Waals surface area (Å²) in [5.41, 5.74) is 0.206. The zero-order valence-electron chi connectivity index (χ0n) is 10.5. The lowest BCUT2D eigenvalue weighted by molar-refractivity contribution is 0.0692. The molecular weight excluding hydrogens is 232 g/mol. The monoisotopic (exact) mass is 252 g/mol. The van der Waals surface area contributed by atoms with Gasteiger partial charge >= 0.3 is 5.97 Å². The van der Waals surface area contributed by atoms with Crippen molar-refractivity contribution in [2.24, 2.45) is 0 Å². The molecule has 1 rings (SSSR count). The Hall–Kier alpha value is -1.55. The maximum Gasteiger partial charge on any atom is 0.339 e. The van der Waals surface area contributed by atoms with Gasteiger partial charge in [0.15, 0.2) is 0 Å². The van der Waals surface area contributed by atoms with Gasteiger partial charge in [0.2, 0.25) is 0 Å². The zero-order valence-corrected chi connectivity index (χ0v) is 10.5. The fourth-order valence-corrected chi connectivity index (χ4v) is 1.70. The highest BCUT2D eigenvalue weighted by molar-refractivity contribution is 5.90. The first kappa shape index (κ1) is 14.5. The average Bonchev–Trinajstić information content (AvgIpc) is 2.38. The number of aliphatic hydroxyl groups is 1. The van der Waals surface area contributed by atoms with Crippen molar-refractivity contribution >= 4 is 5.97 Å². The van der Waals surface area contributed by atoms with Crippen LogP contribution in [0.3, 0.4) is 0 Å². The minimum absolute atomic E-state index is 0.206. The molecule has 4 heteroatoms. The molecule has 18 heavy (non-hydrogen) atoms. The van der Waals surface area contributed by atoms with E-state index in [1.54, 1.807) is 24.3 Å². The van der Waals surface area contributed by atoms with Crippen LogP contribution < -0.4 is 4.74 Å². The minimum atomic E-state index is -0.964. The summed E-state index contributed by atoms with van der Waals surface area (Å²) in [5, 5.41) is 17.6. The number of aliphatic hydroxyl groups excluding tert-OH is 1. The van der Waals surface area contributed by atoms with E-state index in [9.17, 15) is 4.79 Å². The standard InChI is InChI=1S/C14H20O4/c15-10-6-2-1-3-7-11-18-13-9-5-4-8-12(13)14(16)17/h4-5,8-9,15H,1-3,6-7,10-11H2,(H,16,17). The molecule has 2 N–H and O–H groups in total. The molecule has 0 heterocycles. The van der Waals surface area contributed by atoms with Gasteiger partial charge in [-0.15, -0.1) is 0 Å². The van der Waals surface area contributed by atoms with Crippen LogP contribution in [0.15, 0.2) is 24.3 Å². The van der Waals surface area contributed by atoms with Gasteiger partial charge in [0.05, 0.1) is 6.61 Å². The number of para-hydroxylation sites is 1. The summed E-state index contributed by atoms with van der Waals surface area (Å²) in [4.78, 5) is 10.9. The van der Waals surface area contributed by atoms with Gasteiger partial charge in [0.1, 0.15) is 11.3 Å². The molecule has 0 unspecified atom stereocenters. The van der Waals surface area contributed by atoms with Gasteiger partial charge in [0, 0.05) is 6.61 Å². The first-order valence-corrected chi connectivity index (χ1v) is 6.31. The number of carboxylic acid groups (broad SMARTS) is 1. The molecule has 1 aromatic carbocycles. The summed E-state index contributed by atoms with van der Waals surface area (Å²) in [6, 6.07) is 6.67. The van der Waals surface area contributed by atoms with E-state index < -0.39 is 5.97 Å². The van der Waals surface area contributed by atoms with Gasteiger partial charge in [0.25, 0.3) is 0 Å². The van der Waals surface area contributed by atoms with Crippen LogP contribution in [0.25, 0.3) is 0 Å². The highest BCUT2D eigenvalue weighted by atomic mass is 16.5. The Labute approximate surface area is 107 Å². The van der Waals surface area contributed by atoms with Crippen LogP contribution in [0.2, 0.25) is 0 Å². The van der Waals surface area contributed by atoms with Crippen LogP contribution in [-0.2, 0) is 0 Å². The van der Waals surface area contributed by atoms with Crippen molar-refractivity contribution in [2.75, 3.05) is 13.2 Å². The van der Waals surface area contributed by atoms with E-state index in [2.05, 4.69) is 0 Å². The van der Waals surface area contributed by atoms with Crippen molar-refractivity contribution in [2.45, 2.75) is 32.1 Å². The van der Waals surface area contributed by atoms with Gasteiger partial charge < -0.3 is 14.9 Å². The summed E-state index contributed by atoms with van der Waals surface area (Å²) in [5.74, 6) is -0.533. The summed E-state index contributed by atoms with van der Waals surface area (Å²) in [6.45, 7) is 0.784. The third-order valence-corrected chi connectivity index (χ3v) is 2.68. The maximum absolute atomic E-state index is 10.9. The Morgan fingerprint density at radius 3 is 2.44 bits per heavy atom. The second-order valence-corrected chi connectivity index (χ2v) is 4.14. The molecule has 1 aromatic rings. The number of carbonyl (C=O) groups is 1. The van der Waals surface area contributed by atoms with E-state index in [0.29, 0.717) is 12.4 Å². The highest BCUT2D eigenvalue weighted by Crippen LogP contribution is 2.18. The van der Waals surface area contributed by atoms with Gasteiger partial charge in [-0.05, 0) is 25.0 Å². The zero-order chi connectivity index (χ0) is 13.2. The van der Waals surface area contributed by atoms with E-state index in [1.807, 2.05) is 0 Å². The molecule has 100 valence electrons. The Balaban J connectivity index is 2.25. The van der Waals surface area contributed by atoms with Crippen LogP contribution >= 0.6 is 0 Å². The number of ether oxygens (including phenoxy) is 1. The Kier molecular flexibility index (Phi) is 6.87. The summed E-state index contributed by atoms with van der Waals surface area (Å²) in [6.07, 6.45) is 4.89. The van der Waals surface area contributed by atoms with Crippen LogP contribution in [0.1, 0.15) is 42.5 Å². The molecule has 0 aliphatic rings. The lowest BCUT2D eigenvalue weighted by Crippen LogP contribution is -2.04. The number of rotatable bonds is 9. The van der Waals surface area contributed by atoms with Crippen LogP contribution in [0.5, 0.6) is 5.75 Å². The van der Waals surface area contributed by atoms with Crippen molar-refractivity contribution in [3.8, 4) is 5.75 Å². The van der Waals surface area contributed by atoms with Crippen molar-refractivity contribution in [3.05, 3.63) is 29.8 Å². The average molecular weight is 252 g/mol. The molecule has 0 aliphatic carbocycles. The lowest BCUT2D eigenvalue weighted by Gasteiger charge is -2.08. The molecule has 0 aliphatic heterocycles. The summed E-state index contributed by atoms with van der Waals surface area (Å²) in [7, 11) is 0. The second kappa shape index (κ2) is 8.53. The molecule has 0 spiro atoms. The third kappa shape index (κ3) is 5.19. The van der Waals surface area contributed by atoms with Gasteiger partial charge in [-0.25, -0.2) is 4.79 Å². The summed E-state index contributed by atoms with van der Waals surface area (Å²) < 4.78 is 5.47. The lowest BCUT2D eigenvalue weighted by atomic mass is 10.1. The quantitative estimate of drug-likeness (QED) is 0.663. The van der Waals surface area contributed by atoms with Crippen LogP contribution in [-0.4, -0.2) is 29.4 Å². The number of hydrogen-bond acceptors (Lipinski definition) is 3. The first-order chi connectivity index (χ1) is 8.75. The number of aromatic carboxylic acids is 1. The Morgan fingerprint density at radius 1 is 1.06 bits per heavy atom. The first-order valence-electron chi connectivity index (χ1n) is 6.31. The topological polar surface area (TPSA) is 66.8 Å². The van der Waals surface area contributed by atoms with Gasteiger partial charge in [-0.2, -0.15) is 0 Å². The number of unbranched alkanes of at least 4 members (excludes halogenated alkanes) is 4. The summed E-state index contributed by atoms with van der Waals surface area (Å²) >= 11 is 0. The Bertz CT molecular complexity index is 363. The predicted octanol–water partition coefficient (Wildman–Crippen LogP) is 2.71. The van der Waals surface area contributed by atoms with E-state index in [0.717, 1.165) is 32.1 Å². The van der Waals surface area contributed by atoms with Crippen molar-refractivity contribution in [1.82, 2.24) is 0 Å². The second-order valence-electron chi connectivity index (χ2n) is 4.14. The molecule has 0 fully saturated rings. The third-order valence-electron chi connectivity index (χ3n) is 2.68. The van der Waals surface area contributed by atoms with Crippen molar-refractivity contribution in [3.63, 3.8) is 0 Å². The highest BCUT2D eigenvalue weighted by Gasteiger charge is 2.09. The fraction of sp³-hybridized carbons (Fsp3) is 0.500. The molecule has 0 aromatic heterocycles. The van der Waals surface area contributed by atoms with E-state index in [-0.39, 0.29) is 12.2 Å². The molecule has 0 amide bonds. The predicted molar refractivity (Wildman–Crippen MR) is 69.1 cm³/mol. The smallest absolute Gasteiger partial charge is 0.339 e. The molecular formula is C14H20O4. The Morgan fingerprint density at radius 2 is 1.72 bits per heavy atom. The normalized spacial score (nSPS) is 10.3. The molecule has 0 bridgehead atoms. The van der Waals surface area contributed by atoms with Crippen molar-refractivity contribution < 1.29 is 19.7 Å². The SMILES string of the molecule is O=C(O)c1ccccc1OCCCCCCCO. The maximum atomic E-state index is 10.9. The number of hydrogen-bond donors (Lipinski definition) is 2. The van der Waals surface area contributed by atoms with Crippen molar-refractivity contribution in [1.29, 1.82) is 0 Å². The van der Waals surface area contributed by atoms with E-state index in [4.69, 9.17) is 14.9 Å². The molecule has 0 atom stereocenters. The molecule has 4 nitrogen and oxygen atoms in total. The van der Waals surface area contributed by atoms with Gasteiger partial charge in [-0.1, -0.05) is 31.4 Å². The van der Waals surface area contributed by atoms with E-state index in [1.165, 1.54) is 0 Å². The molecule has 0 saturated heterocycles. The molecule has 0 radical (unpaired) electrons. The minimum Gasteiger partial charge on any atom is -0.493 e. The fourth-order valence-electron chi connectivity index (χ4n) is 1.70. The largest absolute Gasteiger partial charge is 0.493 e. The molecule has 0 saturated carbocycles. The van der Waals surface area contributed by atoms with Gasteiger partial charge in [-0.3, -0.25) is 0 Å².